The highest BCUT2D eigenvalue weighted by Crippen LogP contribution is 2.42. The van der Waals surface area contributed by atoms with Crippen LogP contribution < -0.4 is 9.47 Å². The van der Waals surface area contributed by atoms with Gasteiger partial charge in [-0.25, -0.2) is 9.78 Å². The van der Waals surface area contributed by atoms with Crippen molar-refractivity contribution in [3.8, 4) is 22.9 Å². The zero-order valence-electron chi connectivity index (χ0n) is 22.7. The van der Waals surface area contributed by atoms with Gasteiger partial charge in [0.2, 0.25) is 5.88 Å². The summed E-state index contributed by atoms with van der Waals surface area (Å²) in [6.07, 6.45) is 3.69. The number of benzene rings is 1. The lowest BCUT2D eigenvalue weighted by atomic mass is 10.00. The summed E-state index contributed by atoms with van der Waals surface area (Å²) in [5, 5.41) is 1.08. The molecule has 2 heterocycles. The molecule has 3 aromatic rings. The van der Waals surface area contributed by atoms with E-state index in [9.17, 15) is 4.79 Å². The predicted molar refractivity (Wildman–Crippen MR) is 142 cm³/mol. The molecule has 0 atom stereocenters. The van der Waals surface area contributed by atoms with E-state index >= 15 is 0 Å². The molecule has 3 rings (SSSR count). The van der Waals surface area contributed by atoms with Gasteiger partial charge in [0.15, 0.2) is 5.56 Å². The van der Waals surface area contributed by atoms with Crippen LogP contribution in [0.2, 0.25) is 0 Å². The Hall–Kier alpha value is -3.28. The highest BCUT2D eigenvalue weighted by Gasteiger charge is 2.33. The van der Waals surface area contributed by atoms with Crippen molar-refractivity contribution in [1.29, 1.82) is 0 Å². The Bertz CT molecular complexity index is 1270. The van der Waals surface area contributed by atoms with E-state index in [0.717, 1.165) is 16.5 Å². The Labute approximate surface area is 208 Å². The highest BCUT2D eigenvalue weighted by molar-refractivity contribution is 5.99. The van der Waals surface area contributed by atoms with Crippen molar-refractivity contribution in [3.63, 3.8) is 0 Å². The maximum atomic E-state index is 13.5. The molecule has 0 fully saturated rings. The topological polar surface area (TPSA) is 62.6 Å². The minimum absolute atomic E-state index is 0.157. The third kappa shape index (κ3) is 6.24. The van der Waals surface area contributed by atoms with E-state index in [1.807, 2.05) is 81.6 Å². The molecule has 0 radical (unpaired) electrons. The number of fused-ring (bicyclic) bond motifs is 1. The highest BCUT2D eigenvalue weighted by atomic mass is 16.6. The molecule has 0 aliphatic heterocycles. The van der Waals surface area contributed by atoms with Gasteiger partial charge >= 0.3 is 5.97 Å². The van der Waals surface area contributed by atoms with Crippen molar-refractivity contribution in [2.24, 2.45) is 7.05 Å². The molecule has 0 amide bonds. The maximum Gasteiger partial charge on any atom is 0.348 e. The van der Waals surface area contributed by atoms with Crippen molar-refractivity contribution >= 4 is 22.9 Å². The van der Waals surface area contributed by atoms with Gasteiger partial charge in [0.1, 0.15) is 22.6 Å². The number of hydrogen-bond donors (Lipinski definition) is 0. The first-order valence-corrected chi connectivity index (χ1v) is 11.9. The summed E-state index contributed by atoms with van der Waals surface area (Å²) in [5.74, 6) is -0.0458. The number of esters is 1. The number of carbonyl (C=O) groups excluding carboxylic acids is 1. The Kier molecular flexibility index (Phi) is 6.82. The quantitative estimate of drug-likeness (QED) is 0.363. The van der Waals surface area contributed by atoms with Crippen molar-refractivity contribution < 1.29 is 19.0 Å². The Morgan fingerprint density at radius 3 is 2.11 bits per heavy atom. The Balaban J connectivity index is 2.39. The molecule has 0 bridgehead atoms. The summed E-state index contributed by atoms with van der Waals surface area (Å²) < 4.78 is 20.5. The van der Waals surface area contributed by atoms with E-state index in [1.54, 1.807) is 6.08 Å². The maximum absolute atomic E-state index is 13.5. The summed E-state index contributed by atoms with van der Waals surface area (Å²) in [7, 11) is 2.01. The average molecular weight is 479 g/mol. The summed E-state index contributed by atoms with van der Waals surface area (Å²) >= 11 is 0. The molecule has 0 saturated heterocycles. The van der Waals surface area contributed by atoms with E-state index in [4.69, 9.17) is 19.2 Å². The molecule has 0 unspecified atom stereocenters. The molecule has 2 aromatic heterocycles. The molecular weight excluding hydrogens is 440 g/mol. The standard InChI is InChI=1S/C29H38N2O4/c1-12-20-23(19-13-14-21-18(17-19)15-16-31(21)11)30-25(34-28(5,6)7)22(24(20)33-27(2,3)4)26(32)35-29(8,9)10/h12-17H,1H2,2-11H3. The van der Waals surface area contributed by atoms with Gasteiger partial charge in [0.05, 0.1) is 5.69 Å². The van der Waals surface area contributed by atoms with E-state index in [1.165, 1.54) is 0 Å². The van der Waals surface area contributed by atoms with Crippen molar-refractivity contribution in [2.75, 3.05) is 0 Å². The van der Waals surface area contributed by atoms with E-state index in [2.05, 4.69) is 29.3 Å². The van der Waals surface area contributed by atoms with Crippen LogP contribution >= 0.6 is 0 Å². The van der Waals surface area contributed by atoms with Crippen LogP contribution in [0.4, 0.5) is 0 Å². The molecule has 1 aromatic carbocycles. The van der Waals surface area contributed by atoms with Gasteiger partial charge in [-0.05, 0) is 80.5 Å². The molecule has 35 heavy (non-hydrogen) atoms. The molecule has 188 valence electrons. The third-order valence-electron chi connectivity index (χ3n) is 4.93. The molecule has 0 saturated carbocycles. The first kappa shape index (κ1) is 26.3. The fraction of sp³-hybridized carbons (Fsp3) is 0.448. The lowest BCUT2D eigenvalue weighted by Gasteiger charge is -2.29. The number of carbonyl (C=O) groups is 1. The number of pyridine rings is 1. The molecule has 0 spiro atoms. The summed E-state index contributed by atoms with van der Waals surface area (Å²) in [4.78, 5) is 18.4. The SMILES string of the molecule is C=Cc1c(-c2ccc3c(ccn3C)c2)nc(OC(C)(C)C)c(C(=O)OC(C)(C)C)c1OC(C)(C)C. The summed E-state index contributed by atoms with van der Waals surface area (Å²) in [6, 6.07) is 8.18. The monoisotopic (exact) mass is 478 g/mol. The van der Waals surface area contributed by atoms with Crippen molar-refractivity contribution in [2.45, 2.75) is 79.1 Å². The van der Waals surface area contributed by atoms with Crippen LogP contribution in [0.15, 0.2) is 37.0 Å². The zero-order chi connectivity index (χ0) is 26.3. The molecule has 0 aliphatic rings. The summed E-state index contributed by atoms with van der Waals surface area (Å²) in [5.41, 5.74) is 1.44. The molecule has 6 heteroatoms. The average Bonchev–Trinajstić information content (AvgIpc) is 3.04. The second-order valence-corrected chi connectivity index (χ2v) is 11.7. The fourth-order valence-corrected chi connectivity index (χ4v) is 3.68. The summed E-state index contributed by atoms with van der Waals surface area (Å²) in [6.45, 7) is 21.0. The smallest absolute Gasteiger partial charge is 0.348 e. The fourth-order valence-electron chi connectivity index (χ4n) is 3.68. The number of hydrogen-bond acceptors (Lipinski definition) is 5. The van der Waals surface area contributed by atoms with Crippen LogP contribution in [0.5, 0.6) is 11.6 Å². The lowest BCUT2D eigenvalue weighted by molar-refractivity contribution is 0.00507. The molecular formula is C29H38N2O4. The number of nitrogens with zero attached hydrogens (tertiary/aromatic N) is 2. The van der Waals surface area contributed by atoms with Gasteiger partial charge < -0.3 is 18.8 Å². The van der Waals surface area contributed by atoms with Crippen LogP contribution in [-0.4, -0.2) is 32.3 Å². The number of aromatic nitrogens is 2. The van der Waals surface area contributed by atoms with Gasteiger partial charge in [0.25, 0.3) is 0 Å². The number of aryl methyl sites for hydroxylation is 1. The lowest BCUT2D eigenvalue weighted by Crippen LogP contribution is -2.30. The van der Waals surface area contributed by atoms with Gasteiger partial charge in [-0.3, -0.25) is 0 Å². The first-order valence-electron chi connectivity index (χ1n) is 11.9. The number of rotatable bonds is 5. The normalized spacial score (nSPS) is 12.5. The second-order valence-electron chi connectivity index (χ2n) is 11.7. The first-order chi connectivity index (χ1) is 16.0. The van der Waals surface area contributed by atoms with Gasteiger partial charge in [-0.1, -0.05) is 18.7 Å². The van der Waals surface area contributed by atoms with E-state index in [-0.39, 0.29) is 11.4 Å². The minimum atomic E-state index is -0.708. The van der Waals surface area contributed by atoms with Crippen molar-refractivity contribution in [1.82, 2.24) is 9.55 Å². The van der Waals surface area contributed by atoms with Gasteiger partial charge in [-0.2, -0.15) is 0 Å². The second kappa shape index (κ2) is 9.06. The van der Waals surface area contributed by atoms with Crippen LogP contribution in [0, 0.1) is 0 Å². The molecule has 0 N–H and O–H groups in total. The molecule has 0 aliphatic carbocycles. The van der Waals surface area contributed by atoms with Crippen LogP contribution in [0.1, 0.15) is 78.2 Å². The predicted octanol–water partition coefficient (Wildman–Crippen LogP) is 7.19. The Morgan fingerprint density at radius 2 is 1.57 bits per heavy atom. The minimum Gasteiger partial charge on any atom is -0.486 e. The third-order valence-corrected chi connectivity index (χ3v) is 4.93. The van der Waals surface area contributed by atoms with Crippen LogP contribution in [0.3, 0.4) is 0 Å². The van der Waals surface area contributed by atoms with Gasteiger partial charge in [0, 0.05) is 35.3 Å². The molecule has 6 nitrogen and oxygen atoms in total. The Morgan fingerprint density at radius 1 is 0.943 bits per heavy atom. The largest absolute Gasteiger partial charge is 0.486 e. The van der Waals surface area contributed by atoms with E-state index in [0.29, 0.717) is 17.0 Å². The zero-order valence-corrected chi connectivity index (χ0v) is 22.7. The van der Waals surface area contributed by atoms with Crippen LogP contribution in [0.25, 0.3) is 28.2 Å². The van der Waals surface area contributed by atoms with E-state index < -0.39 is 22.8 Å². The van der Waals surface area contributed by atoms with Crippen molar-refractivity contribution in [3.05, 3.63) is 48.2 Å². The van der Waals surface area contributed by atoms with Gasteiger partial charge in [-0.15, -0.1) is 0 Å². The van der Waals surface area contributed by atoms with Crippen LogP contribution in [-0.2, 0) is 11.8 Å². The number of ether oxygens (including phenoxy) is 3.